The van der Waals surface area contributed by atoms with Gasteiger partial charge in [0.2, 0.25) is 0 Å². The molecule has 70 valence electrons. The molecule has 0 aromatic carbocycles. The second-order valence-electron chi connectivity index (χ2n) is 2.55. The average Bonchev–Trinajstić information content (AvgIpc) is 2.67. The standard InChI is InChI=1S/C5H5BrS.C5H6S/c1-4-5(6)2-3-7-4;1-5-3-2-4-6-5/h2-3H,1H3;2-4H,1H3. The van der Waals surface area contributed by atoms with Gasteiger partial charge in [-0.25, -0.2) is 0 Å². The lowest BCUT2D eigenvalue weighted by Crippen LogP contribution is -1.53. The first-order chi connectivity index (χ1) is 6.20. The van der Waals surface area contributed by atoms with Crippen LogP contribution in [0.2, 0.25) is 0 Å². The van der Waals surface area contributed by atoms with E-state index in [-0.39, 0.29) is 0 Å². The van der Waals surface area contributed by atoms with Crippen molar-refractivity contribution in [2.24, 2.45) is 0 Å². The van der Waals surface area contributed by atoms with Crippen molar-refractivity contribution < 1.29 is 0 Å². The maximum Gasteiger partial charge on any atom is 0.0311 e. The van der Waals surface area contributed by atoms with Gasteiger partial charge < -0.3 is 0 Å². The van der Waals surface area contributed by atoms with E-state index in [9.17, 15) is 0 Å². The third kappa shape index (κ3) is 4.07. The highest BCUT2D eigenvalue weighted by molar-refractivity contribution is 9.10. The molecule has 0 bridgehead atoms. The molecule has 0 saturated heterocycles. The molecule has 0 radical (unpaired) electrons. The van der Waals surface area contributed by atoms with E-state index in [1.165, 1.54) is 14.2 Å². The molecule has 0 aliphatic carbocycles. The van der Waals surface area contributed by atoms with Crippen molar-refractivity contribution >= 4 is 38.6 Å². The minimum absolute atomic E-state index is 1.22. The van der Waals surface area contributed by atoms with Crippen molar-refractivity contribution in [1.82, 2.24) is 0 Å². The van der Waals surface area contributed by atoms with E-state index in [1.807, 2.05) is 0 Å². The van der Waals surface area contributed by atoms with Gasteiger partial charge in [0, 0.05) is 14.2 Å². The van der Waals surface area contributed by atoms with E-state index in [1.54, 1.807) is 22.7 Å². The number of thiophene rings is 2. The van der Waals surface area contributed by atoms with Crippen LogP contribution in [0.4, 0.5) is 0 Å². The normalized spacial score (nSPS) is 9.15. The molecule has 2 aromatic rings. The second kappa shape index (κ2) is 5.58. The van der Waals surface area contributed by atoms with Crippen LogP contribution in [0.25, 0.3) is 0 Å². The predicted molar refractivity (Wildman–Crippen MR) is 65.8 cm³/mol. The van der Waals surface area contributed by atoms with Crippen LogP contribution >= 0.6 is 38.6 Å². The Bertz CT molecular complexity index is 319. The van der Waals surface area contributed by atoms with Crippen LogP contribution in [-0.2, 0) is 0 Å². The van der Waals surface area contributed by atoms with Crippen LogP contribution in [0.15, 0.2) is 33.4 Å². The number of aryl methyl sites for hydroxylation is 2. The first-order valence-electron chi connectivity index (χ1n) is 3.90. The molecule has 0 atom stereocenters. The summed E-state index contributed by atoms with van der Waals surface area (Å²) in [5.41, 5.74) is 0. The first kappa shape index (κ1) is 11.0. The van der Waals surface area contributed by atoms with E-state index >= 15 is 0 Å². The van der Waals surface area contributed by atoms with Crippen molar-refractivity contribution in [3.63, 3.8) is 0 Å². The van der Waals surface area contributed by atoms with Crippen LogP contribution in [0, 0.1) is 13.8 Å². The molecule has 0 aliphatic rings. The maximum absolute atomic E-state index is 3.38. The zero-order valence-electron chi connectivity index (χ0n) is 7.58. The number of hydrogen-bond donors (Lipinski definition) is 0. The summed E-state index contributed by atoms with van der Waals surface area (Å²) < 4.78 is 1.22. The highest BCUT2D eigenvalue weighted by atomic mass is 79.9. The Kier molecular flexibility index (Phi) is 4.70. The number of rotatable bonds is 0. The highest BCUT2D eigenvalue weighted by Gasteiger charge is 1.89. The fourth-order valence-electron chi connectivity index (χ4n) is 0.730. The summed E-state index contributed by atoms with van der Waals surface area (Å²) in [7, 11) is 0. The maximum atomic E-state index is 3.38. The van der Waals surface area contributed by atoms with E-state index in [0.717, 1.165) is 0 Å². The smallest absolute Gasteiger partial charge is 0.0311 e. The van der Waals surface area contributed by atoms with Crippen LogP contribution in [0.5, 0.6) is 0 Å². The Hall–Kier alpha value is -0.120. The molecule has 2 rings (SSSR count). The quantitative estimate of drug-likeness (QED) is 0.643. The van der Waals surface area contributed by atoms with E-state index in [0.29, 0.717) is 0 Å². The SMILES string of the molecule is Cc1cccs1.Cc1sccc1Br. The molecule has 0 saturated carbocycles. The van der Waals surface area contributed by atoms with Gasteiger partial charge in [0.25, 0.3) is 0 Å². The topological polar surface area (TPSA) is 0 Å². The van der Waals surface area contributed by atoms with Gasteiger partial charge in [-0.15, -0.1) is 22.7 Å². The van der Waals surface area contributed by atoms with Crippen LogP contribution in [-0.4, -0.2) is 0 Å². The second-order valence-corrected chi connectivity index (χ2v) is 5.67. The lowest BCUT2D eigenvalue weighted by Gasteiger charge is -1.77. The molecule has 2 aromatic heterocycles. The lowest BCUT2D eigenvalue weighted by atomic mass is 10.5. The summed E-state index contributed by atoms with van der Waals surface area (Å²) in [6.07, 6.45) is 0. The Morgan fingerprint density at radius 2 is 1.85 bits per heavy atom. The largest absolute Gasteiger partial charge is 0.149 e. The summed E-state index contributed by atoms with van der Waals surface area (Å²) in [6.45, 7) is 4.19. The average molecular weight is 275 g/mol. The zero-order valence-corrected chi connectivity index (χ0v) is 10.8. The summed E-state index contributed by atoms with van der Waals surface area (Å²) in [6, 6.07) is 6.21. The monoisotopic (exact) mass is 274 g/mol. The summed E-state index contributed by atoms with van der Waals surface area (Å²) in [5.74, 6) is 0. The van der Waals surface area contributed by atoms with Gasteiger partial charge in [-0.05, 0) is 52.7 Å². The van der Waals surface area contributed by atoms with Gasteiger partial charge >= 0.3 is 0 Å². The molecule has 0 N–H and O–H groups in total. The van der Waals surface area contributed by atoms with Gasteiger partial charge in [0.05, 0.1) is 0 Å². The van der Waals surface area contributed by atoms with Gasteiger partial charge in [0.1, 0.15) is 0 Å². The van der Waals surface area contributed by atoms with Crippen molar-refractivity contribution in [3.05, 3.63) is 43.2 Å². The summed E-state index contributed by atoms with van der Waals surface area (Å²) in [5, 5.41) is 4.15. The van der Waals surface area contributed by atoms with Gasteiger partial charge in [0.15, 0.2) is 0 Å². The van der Waals surface area contributed by atoms with Crippen molar-refractivity contribution in [1.29, 1.82) is 0 Å². The predicted octanol–water partition coefficient (Wildman–Crippen LogP) is 4.88. The summed E-state index contributed by atoms with van der Waals surface area (Å²) >= 11 is 6.91. The zero-order chi connectivity index (χ0) is 9.68. The van der Waals surface area contributed by atoms with Crippen LogP contribution in [0.1, 0.15) is 9.75 Å². The van der Waals surface area contributed by atoms with Crippen LogP contribution < -0.4 is 0 Å². The van der Waals surface area contributed by atoms with E-state index < -0.39 is 0 Å². The fraction of sp³-hybridized carbons (Fsp3) is 0.200. The highest BCUT2D eigenvalue weighted by Crippen LogP contribution is 2.20. The minimum Gasteiger partial charge on any atom is -0.149 e. The molecule has 0 aliphatic heterocycles. The van der Waals surface area contributed by atoms with Gasteiger partial charge in [-0.2, -0.15) is 0 Å². The molecule has 2 heterocycles. The van der Waals surface area contributed by atoms with Gasteiger partial charge in [-0.3, -0.25) is 0 Å². The third-order valence-electron chi connectivity index (χ3n) is 1.46. The van der Waals surface area contributed by atoms with Gasteiger partial charge in [-0.1, -0.05) is 6.07 Å². The van der Waals surface area contributed by atoms with E-state index in [4.69, 9.17) is 0 Å². The first-order valence-corrected chi connectivity index (χ1v) is 6.45. The number of halogens is 1. The Labute approximate surface area is 95.4 Å². The molecule has 0 nitrogen and oxygen atoms in total. The number of hydrogen-bond acceptors (Lipinski definition) is 2. The lowest BCUT2D eigenvalue weighted by molar-refractivity contribution is 1.59. The minimum atomic E-state index is 1.22. The molecular formula is C10H11BrS2. The molecule has 0 spiro atoms. The molecule has 0 unspecified atom stereocenters. The molecule has 3 heteroatoms. The fourth-order valence-corrected chi connectivity index (χ4v) is 2.44. The van der Waals surface area contributed by atoms with Crippen LogP contribution in [0.3, 0.4) is 0 Å². The summed E-state index contributed by atoms with van der Waals surface area (Å²) in [4.78, 5) is 2.73. The molecule has 0 amide bonds. The Balaban J connectivity index is 0.000000132. The van der Waals surface area contributed by atoms with Crippen molar-refractivity contribution in [2.45, 2.75) is 13.8 Å². The molecular weight excluding hydrogens is 264 g/mol. The third-order valence-corrected chi connectivity index (χ3v) is 4.23. The van der Waals surface area contributed by atoms with E-state index in [2.05, 4.69) is 58.7 Å². The Morgan fingerprint density at radius 3 is 2.00 bits per heavy atom. The van der Waals surface area contributed by atoms with Crippen molar-refractivity contribution in [3.8, 4) is 0 Å². The Morgan fingerprint density at radius 1 is 1.08 bits per heavy atom. The molecule has 13 heavy (non-hydrogen) atoms. The van der Waals surface area contributed by atoms with Crippen molar-refractivity contribution in [2.75, 3.05) is 0 Å². The molecule has 0 fully saturated rings.